The molecule has 5 heteroatoms. The molecule has 2 fully saturated rings. The molecule has 1 N–H and O–H groups in total. The summed E-state index contributed by atoms with van der Waals surface area (Å²) >= 11 is 6.01. The van der Waals surface area contributed by atoms with Crippen LogP contribution in [0.25, 0.3) is 0 Å². The van der Waals surface area contributed by atoms with Gasteiger partial charge in [0.25, 0.3) is 5.91 Å². The lowest BCUT2D eigenvalue weighted by molar-refractivity contribution is -0.129. The molecule has 1 saturated carbocycles. The van der Waals surface area contributed by atoms with Crippen LogP contribution in [0.3, 0.4) is 0 Å². The van der Waals surface area contributed by atoms with E-state index >= 15 is 0 Å². The van der Waals surface area contributed by atoms with Crippen LogP contribution in [0, 0.1) is 0 Å². The van der Waals surface area contributed by atoms with Gasteiger partial charge in [0, 0.05) is 23.7 Å². The Morgan fingerprint density at radius 1 is 1.20 bits per heavy atom. The highest BCUT2D eigenvalue weighted by Crippen LogP contribution is 2.34. The zero-order chi connectivity index (χ0) is 14.2. The molecule has 3 rings (SSSR count). The van der Waals surface area contributed by atoms with Crippen molar-refractivity contribution < 1.29 is 9.59 Å². The van der Waals surface area contributed by atoms with Gasteiger partial charge in [-0.25, -0.2) is 0 Å². The van der Waals surface area contributed by atoms with Crippen molar-refractivity contribution in [1.82, 2.24) is 5.32 Å². The Morgan fingerprint density at radius 2 is 1.95 bits per heavy atom. The number of carbonyl (C=O) groups is 2. The number of anilines is 1. The Hall–Kier alpha value is -1.55. The first kappa shape index (κ1) is 13.4. The largest absolute Gasteiger partial charge is 0.342 e. The van der Waals surface area contributed by atoms with Gasteiger partial charge in [0.15, 0.2) is 0 Å². The Balaban J connectivity index is 1.98. The van der Waals surface area contributed by atoms with E-state index in [9.17, 15) is 9.59 Å². The maximum absolute atomic E-state index is 12.9. The number of hydrogen-bond donors (Lipinski definition) is 1. The van der Waals surface area contributed by atoms with E-state index in [0.717, 1.165) is 31.4 Å². The van der Waals surface area contributed by atoms with Gasteiger partial charge in [0.2, 0.25) is 5.91 Å². The molecule has 106 valence electrons. The van der Waals surface area contributed by atoms with Crippen molar-refractivity contribution >= 4 is 29.1 Å². The number of rotatable bonds is 1. The molecule has 20 heavy (non-hydrogen) atoms. The number of benzene rings is 1. The van der Waals surface area contributed by atoms with Crippen LogP contribution in [0.2, 0.25) is 5.02 Å². The second-order valence-electron chi connectivity index (χ2n) is 5.52. The van der Waals surface area contributed by atoms with Crippen LogP contribution >= 0.6 is 11.6 Å². The second-order valence-corrected chi connectivity index (χ2v) is 5.96. The molecule has 0 bridgehead atoms. The fraction of sp³-hybridized carbons (Fsp3) is 0.467. The summed E-state index contributed by atoms with van der Waals surface area (Å²) in [5.41, 5.74) is 0.0703. The molecule has 1 aromatic rings. The summed E-state index contributed by atoms with van der Waals surface area (Å²) in [6.07, 6.45) is 3.76. The summed E-state index contributed by atoms with van der Waals surface area (Å²) in [6.45, 7) is 0.409. The van der Waals surface area contributed by atoms with Gasteiger partial charge < -0.3 is 10.2 Å². The van der Waals surface area contributed by atoms with Crippen molar-refractivity contribution in [2.24, 2.45) is 0 Å². The third-order valence-corrected chi connectivity index (χ3v) is 4.41. The molecule has 2 amide bonds. The van der Waals surface area contributed by atoms with Gasteiger partial charge in [-0.2, -0.15) is 0 Å². The number of hydrogen-bond acceptors (Lipinski definition) is 2. The summed E-state index contributed by atoms with van der Waals surface area (Å²) in [5.74, 6) is -0.0344. The lowest BCUT2D eigenvalue weighted by atomic mass is 9.95. The number of carbonyl (C=O) groups excluding carboxylic acids is 2. The van der Waals surface area contributed by atoms with Gasteiger partial charge in [-0.3, -0.25) is 9.59 Å². The van der Waals surface area contributed by atoms with Gasteiger partial charge in [0.1, 0.15) is 5.54 Å². The Bertz CT molecular complexity index is 553. The first-order valence-electron chi connectivity index (χ1n) is 6.99. The number of halogens is 1. The van der Waals surface area contributed by atoms with E-state index in [0.29, 0.717) is 18.0 Å². The Kier molecular flexibility index (Phi) is 3.42. The molecule has 2 aliphatic rings. The number of nitrogens with zero attached hydrogens (tertiary/aromatic N) is 1. The molecule has 1 aromatic carbocycles. The van der Waals surface area contributed by atoms with Crippen molar-refractivity contribution in [2.45, 2.75) is 37.6 Å². The zero-order valence-corrected chi connectivity index (χ0v) is 11.9. The van der Waals surface area contributed by atoms with Crippen LogP contribution in [0.5, 0.6) is 0 Å². The molecule has 0 unspecified atom stereocenters. The van der Waals surface area contributed by atoms with Crippen LogP contribution in [-0.2, 0) is 9.59 Å². The van der Waals surface area contributed by atoms with Crippen molar-refractivity contribution in [3.63, 3.8) is 0 Å². The van der Waals surface area contributed by atoms with Crippen LogP contribution in [0.1, 0.15) is 32.1 Å². The quantitative estimate of drug-likeness (QED) is 0.864. The summed E-state index contributed by atoms with van der Waals surface area (Å²) in [5, 5.41) is 3.55. The minimum atomic E-state index is -0.699. The second kappa shape index (κ2) is 5.09. The molecule has 1 aliphatic heterocycles. The molecule has 1 spiro atoms. The molecular weight excluding hydrogens is 276 g/mol. The number of amides is 2. The van der Waals surface area contributed by atoms with Gasteiger partial charge >= 0.3 is 0 Å². The van der Waals surface area contributed by atoms with Gasteiger partial charge in [-0.15, -0.1) is 0 Å². The molecule has 1 aliphatic carbocycles. The average Bonchev–Trinajstić information content (AvgIpc) is 2.83. The van der Waals surface area contributed by atoms with Gasteiger partial charge in [-0.1, -0.05) is 30.5 Å². The molecule has 0 radical (unpaired) electrons. The SMILES string of the molecule is O=C1CCN(c2cccc(Cl)c2)C(=O)C2(CCCC2)N1. The van der Waals surface area contributed by atoms with Crippen molar-refractivity contribution in [2.75, 3.05) is 11.4 Å². The summed E-state index contributed by atoms with van der Waals surface area (Å²) in [6, 6.07) is 7.24. The monoisotopic (exact) mass is 292 g/mol. The lowest BCUT2D eigenvalue weighted by Crippen LogP contribution is -2.55. The van der Waals surface area contributed by atoms with Crippen molar-refractivity contribution in [3.8, 4) is 0 Å². The van der Waals surface area contributed by atoms with E-state index in [1.165, 1.54) is 0 Å². The smallest absolute Gasteiger partial charge is 0.252 e. The Morgan fingerprint density at radius 3 is 2.65 bits per heavy atom. The normalized spacial score (nSPS) is 21.9. The first-order chi connectivity index (χ1) is 9.61. The van der Waals surface area contributed by atoms with Crippen LogP contribution in [0.4, 0.5) is 5.69 Å². The molecule has 0 atom stereocenters. The van der Waals surface area contributed by atoms with Crippen LogP contribution < -0.4 is 10.2 Å². The minimum absolute atomic E-state index is 0.00289. The van der Waals surface area contributed by atoms with Crippen LogP contribution in [-0.4, -0.2) is 23.9 Å². The van der Waals surface area contributed by atoms with E-state index in [1.807, 2.05) is 12.1 Å². The summed E-state index contributed by atoms with van der Waals surface area (Å²) in [4.78, 5) is 26.5. The van der Waals surface area contributed by atoms with Crippen LogP contribution in [0.15, 0.2) is 24.3 Å². The van der Waals surface area contributed by atoms with Gasteiger partial charge in [0.05, 0.1) is 0 Å². The summed E-state index contributed by atoms with van der Waals surface area (Å²) < 4.78 is 0. The third-order valence-electron chi connectivity index (χ3n) is 4.17. The highest BCUT2D eigenvalue weighted by molar-refractivity contribution is 6.31. The van der Waals surface area contributed by atoms with Crippen molar-refractivity contribution in [3.05, 3.63) is 29.3 Å². The van der Waals surface area contributed by atoms with E-state index in [-0.39, 0.29) is 11.8 Å². The number of nitrogens with one attached hydrogen (secondary N) is 1. The fourth-order valence-electron chi connectivity index (χ4n) is 3.16. The minimum Gasteiger partial charge on any atom is -0.342 e. The fourth-order valence-corrected chi connectivity index (χ4v) is 3.35. The zero-order valence-electron chi connectivity index (χ0n) is 11.2. The molecule has 1 heterocycles. The first-order valence-corrected chi connectivity index (χ1v) is 7.37. The molecule has 0 aromatic heterocycles. The summed E-state index contributed by atoms with van der Waals surface area (Å²) in [7, 11) is 0. The topological polar surface area (TPSA) is 49.4 Å². The molecule has 1 saturated heterocycles. The van der Waals surface area contributed by atoms with E-state index in [2.05, 4.69) is 5.32 Å². The predicted octanol–water partition coefficient (Wildman–Crippen LogP) is 2.51. The van der Waals surface area contributed by atoms with Crippen molar-refractivity contribution in [1.29, 1.82) is 0 Å². The molecular formula is C15H17ClN2O2. The van der Waals surface area contributed by atoms with E-state index in [4.69, 9.17) is 11.6 Å². The van der Waals surface area contributed by atoms with Gasteiger partial charge in [-0.05, 0) is 31.0 Å². The van der Waals surface area contributed by atoms with E-state index < -0.39 is 5.54 Å². The highest BCUT2D eigenvalue weighted by atomic mass is 35.5. The highest BCUT2D eigenvalue weighted by Gasteiger charge is 2.46. The molecule has 4 nitrogen and oxygen atoms in total. The third kappa shape index (κ3) is 2.29. The average molecular weight is 293 g/mol. The van der Waals surface area contributed by atoms with E-state index in [1.54, 1.807) is 17.0 Å². The standard InChI is InChI=1S/C15H17ClN2O2/c16-11-4-3-5-12(10-11)18-9-6-13(19)17-15(14(18)20)7-1-2-8-15/h3-5,10H,1-2,6-9H2,(H,17,19). The maximum atomic E-state index is 12.9. The Labute approximate surface area is 123 Å². The maximum Gasteiger partial charge on any atom is 0.252 e. The lowest BCUT2D eigenvalue weighted by Gasteiger charge is -2.31. The predicted molar refractivity (Wildman–Crippen MR) is 77.8 cm³/mol.